The van der Waals surface area contributed by atoms with Crippen molar-refractivity contribution in [3.05, 3.63) is 79.7 Å². The van der Waals surface area contributed by atoms with E-state index in [9.17, 15) is 13.2 Å². The molecule has 0 saturated carbocycles. The first-order valence-corrected chi connectivity index (χ1v) is 13.4. The van der Waals surface area contributed by atoms with Crippen LogP contribution < -0.4 is 11.1 Å². The number of sulfonamides is 1. The third kappa shape index (κ3) is 4.09. The number of hydrogen-bond acceptors (Lipinski definition) is 9. The lowest BCUT2D eigenvalue weighted by molar-refractivity contribution is 0.461. The number of thiophene rings is 1. The normalized spacial score (nSPS) is 20.0. The molecule has 3 aromatic heterocycles. The smallest absolute Gasteiger partial charge is 0.392 e. The van der Waals surface area contributed by atoms with E-state index >= 15 is 0 Å². The summed E-state index contributed by atoms with van der Waals surface area (Å²) in [7, 11) is -2.05. The fourth-order valence-corrected chi connectivity index (χ4v) is 7.12. The molecule has 0 radical (unpaired) electrons. The van der Waals surface area contributed by atoms with Crippen molar-refractivity contribution >= 4 is 38.4 Å². The summed E-state index contributed by atoms with van der Waals surface area (Å²) in [4.78, 5) is 16.7. The van der Waals surface area contributed by atoms with E-state index in [1.54, 1.807) is 42.1 Å². The highest BCUT2D eigenvalue weighted by atomic mass is 32.2. The number of nitrogens with zero attached hydrogens (tertiary/aromatic N) is 3. The molecule has 1 aliphatic carbocycles. The third-order valence-electron chi connectivity index (χ3n) is 5.65. The minimum atomic E-state index is -3.63. The summed E-state index contributed by atoms with van der Waals surface area (Å²) in [6.07, 6.45) is 8.98. The second-order valence-electron chi connectivity index (χ2n) is 7.79. The number of aryl methyl sites for hydroxylation is 2. The van der Waals surface area contributed by atoms with Gasteiger partial charge in [-0.05, 0) is 35.9 Å². The predicted molar refractivity (Wildman–Crippen MR) is 126 cm³/mol. The lowest BCUT2D eigenvalue weighted by Gasteiger charge is -2.29. The van der Waals surface area contributed by atoms with Crippen molar-refractivity contribution in [2.75, 3.05) is 7.05 Å². The lowest BCUT2D eigenvalue weighted by atomic mass is 9.87. The Morgan fingerprint density at radius 1 is 1.30 bits per heavy atom. The van der Waals surface area contributed by atoms with Crippen LogP contribution in [0.3, 0.4) is 0 Å². The third-order valence-corrected chi connectivity index (χ3v) is 9.88. The van der Waals surface area contributed by atoms with Crippen LogP contribution in [0.5, 0.6) is 0 Å². The summed E-state index contributed by atoms with van der Waals surface area (Å²) in [5.74, 6) is 0.0555. The number of H-pyrrole nitrogens is 1. The topological polar surface area (TPSA) is 121 Å². The van der Waals surface area contributed by atoms with Crippen molar-refractivity contribution in [1.29, 1.82) is 0 Å². The Balaban J connectivity index is 1.38. The van der Waals surface area contributed by atoms with Gasteiger partial charge in [-0.15, -0.1) is 27.8 Å². The van der Waals surface area contributed by atoms with E-state index in [4.69, 9.17) is 4.42 Å². The van der Waals surface area contributed by atoms with Crippen molar-refractivity contribution in [2.45, 2.75) is 24.0 Å². The molecule has 33 heavy (non-hydrogen) atoms. The summed E-state index contributed by atoms with van der Waals surface area (Å²) in [6, 6.07) is 3.35. The number of aromatic amines is 1. The van der Waals surface area contributed by atoms with Crippen LogP contribution in [0, 0.1) is 11.8 Å². The molecule has 1 aliphatic heterocycles. The molecule has 0 aromatic carbocycles. The molecule has 2 aliphatic rings. The average molecular weight is 504 g/mol. The number of likely N-dealkylation sites (N-methyl/N-ethyl adjacent to an activating group) is 1. The van der Waals surface area contributed by atoms with Gasteiger partial charge >= 0.3 is 5.76 Å². The molecule has 5 rings (SSSR count). The second kappa shape index (κ2) is 8.43. The van der Waals surface area contributed by atoms with Gasteiger partial charge in [0.15, 0.2) is 0 Å². The molecule has 0 spiro atoms. The van der Waals surface area contributed by atoms with Crippen LogP contribution in [0.15, 0.2) is 66.8 Å². The van der Waals surface area contributed by atoms with E-state index in [0.29, 0.717) is 28.6 Å². The maximum atomic E-state index is 13.1. The van der Waals surface area contributed by atoms with Crippen molar-refractivity contribution in [3.63, 3.8) is 0 Å². The SMILES string of the molecule is CC1C=CC(N(C)S(=O)(=O)c2cccs2)=C2NC(c3ncc(CCc4n[nH]c(=O)o4)s3)=CC21. The van der Waals surface area contributed by atoms with Gasteiger partial charge in [0.05, 0.1) is 11.4 Å². The monoisotopic (exact) mass is 503 g/mol. The maximum Gasteiger partial charge on any atom is 0.434 e. The summed E-state index contributed by atoms with van der Waals surface area (Å²) >= 11 is 2.75. The van der Waals surface area contributed by atoms with Gasteiger partial charge in [0.1, 0.15) is 9.22 Å². The van der Waals surface area contributed by atoms with Gasteiger partial charge in [0.2, 0.25) is 5.89 Å². The lowest BCUT2D eigenvalue weighted by Crippen LogP contribution is -2.31. The Morgan fingerprint density at radius 3 is 2.88 bits per heavy atom. The second-order valence-corrected chi connectivity index (χ2v) is 12.1. The first-order chi connectivity index (χ1) is 15.8. The molecule has 2 atom stereocenters. The van der Waals surface area contributed by atoms with Gasteiger partial charge in [0.25, 0.3) is 10.0 Å². The first kappa shape index (κ1) is 21.9. The fraction of sp³-hybridized carbons (Fsp3) is 0.286. The Kier molecular flexibility index (Phi) is 5.59. The Morgan fingerprint density at radius 2 is 2.15 bits per heavy atom. The highest BCUT2D eigenvalue weighted by Crippen LogP contribution is 2.40. The molecule has 0 saturated heterocycles. The minimum absolute atomic E-state index is 0.0340. The van der Waals surface area contributed by atoms with Crippen LogP contribution in [0.25, 0.3) is 5.70 Å². The molecule has 3 aromatic rings. The zero-order valence-corrected chi connectivity index (χ0v) is 20.3. The van der Waals surface area contributed by atoms with Crippen LogP contribution in [0.2, 0.25) is 0 Å². The molecule has 12 heteroatoms. The number of aromatic nitrogens is 3. The molecule has 2 N–H and O–H groups in total. The van der Waals surface area contributed by atoms with Crippen LogP contribution in [-0.4, -0.2) is 35.0 Å². The summed E-state index contributed by atoms with van der Waals surface area (Å²) in [5, 5.41) is 12.1. The van der Waals surface area contributed by atoms with Crippen molar-refractivity contribution in [1.82, 2.24) is 24.8 Å². The fourth-order valence-electron chi connectivity index (χ4n) is 3.85. The number of rotatable bonds is 7. The highest BCUT2D eigenvalue weighted by molar-refractivity contribution is 7.91. The number of fused-ring (bicyclic) bond motifs is 1. The summed E-state index contributed by atoms with van der Waals surface area (Å²) in [5.41, 5.74) is 2.35. The van der Waals surface area contributed by atoms with E-state index in [0.717, 1.165) is 21.3 Å². The zero-order chi connectivity index (χ0) is 23.2. The molecule has 0 fully saturated rings. The Labute approximate surface area is 198 Å². The standard InChI is InChI=1S/C21H21N5O4S3/c1-12-5-7-16(26(2)33(28,29)18-4-3-9-31-18)19-14(12)10-15(23-19)20-22-11-13(32-20)6-8-17-24-25-21(27)30-17/h3-5,7,9-12,14,23H,6,8H2,1-2H3,(H,25,27). The number of nitrogens with one attached hydrogen (secondary N) is 2. The van der Waals surface area contributed by atoms with Crippen molar-refractivity contribution in [3.8, 4) is 0 Å². The van der Waals surface area contributed by atoms with Gasteiger partial charge in [-0.3, -0.25) is 4.31 Å². The predicted octanol–water partition coefficient (Wildman–Crippen LogP) is 2.96. The van der Waals surface area contributed by atoms with E-state index in [-0.39, 0.29) is 11.8 Å². The zero-order valence-electron chi connectivity index (χ0n) is 17.8. The van der Waals surface area contributed by atoms with Gasteiger partial charge in [-0.2, -0.15) is 0 Å². The number of thiazole rings is 1. The summed E-state index contributed by atoms with van der Waals surface area (Å²) in [6.45, 7) is 2.11. The van der Waals surface area contributed by atoms with Gasteiger partial charge < -0.3 is 9.73 Å². The largest absolute Gasteiger partial charge is 0.434 e. The highest BCUT2D eigenvalue weighted by Gasteiger charge is 2.35. The van der Waals surface area contributed by atoms with E-state index in [1.807, 2.05) is 12.2 Å². The van der Waals surface area contributed by atoms with Crippen LogP contribution in [0.4, 0.5) is 0 Å². The quantitative estimate of drug-likeness (QED) is 0.508. The number of hydrogen-bond donors (Lipinski definition) is 2. The maximum absolute atomic E-state index is 13.1. The van der Waals surface area contributed by atoms with E-state index in [1.165, 1.54) is 15.6 Å². The molecular formula is C21H21N5O4S3. The molecule has 0 amide bonds. The van der Waals surface area contributed by atoms with Crippen molar-refractivity contribution < 1.29 is 12.8 Å². The van der Waals surface area contributed by atoms with E-state index in [2.05, 4.69) is 33.5 Å². The summed E-state index contributed by atoms with van der Waals surface area (Å²) < 4.78 is 32.8. The first-order valence-electron chi connectivity index (χ1n) is 10.3. The molecule has 2 unspecified atom stereocenters. The van der Waals surface area contributed by atoms with E-state index < -0.39 is 15.8 Å². The molecule has 9 nitrogen and oxygen atoms in total. The Hall–Kier alpha value is -2.96. The molecule has 0 bridgehead atoms. The minimum Gasteiger partial charge on any atom is -0.392 e. The van der Waals surface area contributed by atoms with Crippen LogP contribution in [-0.2, 0) is 22.9 Å². The van der Waals surface area contributed by atoms with Crippen molar-refractivity contribution in [2.24, 2.45) is 11.8 Å². The molecule has 172 valence electrons. The number of allylic oxidation sites excluding steroid dienone is 3. The van der Waals surface area contributed by atoms with Crippen LogP contribution >= 0.6 is 22.7 Å². The van der Waals surface area contributed by atoms with Gasteiger partial charge in [-0.25, -0.2) is 23.3 Å². The molecular weight excluding hydrogens is 482 g/mol. The average Bonchev–Trinajstić information content (AvgIpc) is 3.59. The molecule has 4 heterocycles. The Bertz CT molecular complexity index is 1430. The van der Waals surface area contributed by atoms with Gasteiger partial charge in [-0.1, -0.05) is 19.1 Å². The van der Waals surface area contributed by atoms with Gasteiger partial charge in [0, 0.05) is 36.2 Å². The van der Waals surface area contributed by atoms with Crippen LogP contribution in [0.1, 0.15) is 22.7 Å².